The lowest BCUT2D eigenvalue weighted by molar-refractivity contribution is -0.384. The predicted molar refractivity (Wildman–Crippen MR) is 259 cm³/mol. The van der Waals surface area contributed by atoms with Crippen LogP contribution in [0.2, 0.25) is 5.02 Å². The van der Waals surface area contributed by atoms with E-state index >= 15 is 0 Å². The number of aliphatic hydroxyl groups is 1. The molecule has 66 heavy (non-hydrogen) atoms. The molecule has 2 fully saturated rings. The summed E-state index contributed by atoms with van der Waals surface area (Å²) in [5, 5.41) is 27.3. The number of nitro groups is 1. The lowest BCUT2D eigenvalue weighted by atomic mass is 9.72. The number of piperazine rings is 1. The summed E-state index contributed by atoms with van der Waals surface area (Å²) in [5.74, 6) is -0.305. The number of allylic oxidation sites excluding steroid dienone is 1. The third-order valence-electron chi connectivity index (χ3n) is 13.8. The number of sulfonamides is 1. The molecule has 2 aliphatic heterocycles. The minimum absolute atomic E-state index is 0.101. The van der Waals surface area contributed by atoms with Crippen molar-refractivity contribution in [2.75, 3.05) is 67.5 Å². The molecule has 3 aromatic carbocycles. The van der Waals surface area contributed by atoms with Gasteiger partial charge in [-0.2, -0.15) is 4.98 Å². The summed E-state index contributed by atoms with van der Waals surface area (Å²) in [6, 6.07) is 21.0. The summed E-state index contributed by atoms with van der Waals surface area (Å²) < 4.78 is 36.1. The zero-order chi connectivity index (χ0) is 46.4. The SMILES string of the molecule is CC1(C)CCC(CN2CCN(c3ccc(C(=O)NS(=O)(=O)c4ccc(NCC5CCC(C)(O)CC5)c([N+](=O)[O-])c4)c(N4CCOc5nc6[nH]ccc6cc54)c3)CC2)=C(c2ccc(Cl)cc2)C1. The zero-order valence-electron chi connectivity index (χ0n) is 37.6. The van der Waals surface area contributed by atoms with Crippen molar-refractivity contribution in [3.8, 4) is 5.88 Å². The first-order valence-corrected chi connectivity index (χ1v) is 24.7. The van der Waals surface area contributed by atoms with E-state index in [0.717, 1.165) is 87.0 Å². The van der Waals surface area contributed by atoms with Gasteiger partial charge in [0.25, 0.3) is 21.6 Å². The van der Waals surface area contributed by atoms with Crippen LogP contribution in [0, 0.1) is 21.4 Å². The van der Waals surface area contributed by atoms with Crippen LogP contribution in [0.4, 0.5) is 28.4 Å². The molecule has 0 bridgehead atoms. The smallest absolute Gasteiger partial charge is 0.293 e. The van der Waals surface area contributed by atoms with E-state index in [1.54, 1.807) is 12.3 Å². The molecule has 1 saturated heterocycles. The quantitative estimate of drug-likeness (QED) is 0.0689. The minimum Gasteiger partial charge on any atom is -0.474 e. The number of carbonyl (C=O) groups is 1. The van der Waals surface area contributed by atoms with Gasteiger partial charge in [0.1, 0.15) is 23.6 Å². The zero-order valence-corrected chi connectivity index (χ0v) is 39.2. The van der Waals surface area contributed by atoms with Crippen LogP contribution in [0.15, 0.2) is 89.5 Å². The highest BCUT2D eigenvalue weighted by atomic mass is 35.5. The first-order chi connectivity index (χ1) is 31.5. The topological polar surface area (TPSA) is 186 Å². The molecule has 0 spiro atoms. The van der Waals surface area contributed by atoms with E-state index in [9.17, 15) is 28.4 Å². The van der Waals surface area contributed by atoms with Crippen molar-refractivity contribution in [1.82, 2.24) is 19.6 Å². The maximum Gasteiger partial charge on any atom is 0.293 e. The van der Waals surface area contributed by atoms with E-state index in [2.05, 4.69) is 50.8 Å². The number of H-pyrrole nitrogens is 1. The third kappa shape index (κ3) is 9.87. The molecule has 9 rings (SSSR count). The molecule has 0 atom stereocenters. The predicted octanol–water partition coefficient (Wildman–Crippen LogP) is 8.91. The number of rotatable bonds is 12. The van der Waals surface area contributed by atoms with Crippen molar-refractivity contribution >= 4 is 72.6 Å². The molecule has 348 valence electrons. The molecule has 4 aliphatic rings. The number of carbonyl (C=O) groups excluding carboxylic acids is 1. The number of anilines is 4. The maximum absolute atomic E-state index is 14.3. The Balaban J connectivity index is 0.964. The fraction of sp³-hybridized carbons (Fsp3) is 0.429. The first-order valence-electron chi connectivity index (χ1n) is 22.8. The molecule has 2 aromatic heterocycles. The van der Waals surface area contributed by atoms with Crippen LogP contribution < -0.4 is 24.6 Å². The number of ether oxygens (including phenoxy) is 1. The number of fused-ring (bicyclic) bond motifs is 2. The van der Waals surface area contributed by atoms with E-state index in [0.29, 0.717) is 48.8 Å². The lowest BCUT2D eigenvalue weighted by Crippen LogP contribution is -2.47. The van der Waals surface area contributed by atoms with Crippen LogP contribution >= 0.6 is 11.6 Å². The van der Waals surface area contributed by atoms with Crippen LogP contribution in [-0.4, -0.2) is 97.2 Å². The average molecular weight is 938 g/mol. The van der Waals surface area contributed by atoms with E-state index in [1.165, 1.54) is 28.8 Å². The number of nitro benzene ring substituents is 1. The normalized spacial score (nSPS) is 21.3. The minimum atomic E-state index is -4.58. The van der Waals surface area contributed by atoms with Gasteiger partial charge in [-0.25, -0.2) is 13.1 Å². The molecule has 2 aliphatic carbocycles. The van der Waals surface area contributed by atoms with Crippen LogP contribution in [0.1, 0.15) is 81.6 Å². The largest absolute Gasteiger partial charge is 0.474 e. The number of amides is 1. The van der Waals surface area contributed by atoms with Crippen LogP contribution in [0.5, 0.6) is 5.88 Å². The third-order valence-corrected chi connectivity index (χ3v) is 15.4. The molecule has 1 saturated carbocycles. The highest BCUT2D eigenvalue weighted by molar-refractivity contribution is 7.90. The average Bonchev–Trinajstić information content (AvgIpc) is 3.76. The van der Waals surface area contributed by atoms with Gasteiger partial charge in [0, 0.05) is 67.6 Å². The second kappa shape index (κ2) is 18.2. The summed E-state index contributed by atoms with van der Waals surface area (Å²) >= 11 is 6.27. The van der Waals surface area contributed by atoms with Crippen molar-refractivity contribution in [3.63, 3.8) is 0 Å². The summed E-state index contributed by atoms with van der Waals surface area (Å²) in [7, 11) is -4.58. The molecular weight excluding hydrogens is 880 g/mol. The Kier molecular flexibility index (Phi) is 12.5. The van der Waals surface area contributed by atoms with Gasteiger partial charge in [0.05, 0.1) is 33.2 Å². The first kappa shape index (κ1) is 45.5. The molecule has 15 nitrogen and oxygen atoms in total. The van der Waals surface area contributed by atoms with Crippen molar-refractivity contribution < 1.29 is 28.0 Å². The van der Waals surface area contributed by atoms with Gasteiger partial charge in [-0.1, -0.05) is 43.2 Å². The standard InChI is InChI=1S/C49H57ClN8O7S/c1-48(2)16-14-35(40(29-48)33-4-6-36(50)7-5-33)31-55-20-22-56(23-21-55)37-8-10-39(42(27-37)57-24-25-65-47-44(57)26-34-15-19-51-45(34)53-47)46(59)54-66(63,64)38-9-11-41(43(28-38)58(61)62)52-30-32-12-17-49(3,60)18-13-32/h4-11,15,19,26-28,32,52,60H,12-14,16-18,20-25,29-31H2,1-3H3,(H,51,53)(H,54,59). The van der Waals surface area contributed by atoms with Crippen molar-refractivity contribution in [1.29, 1.82) is 0 Å². The van der Waals surface area contributed by atoms with E-state index in [4.69, 9.17) is 21.3 Å². The van der Waals surface area contributed by atoms with Gasteiger partial charge < -0.3 is 29.9 Å². The van der Waals surface area contributed by atoms with E-state index in [-0.39, 0.29) is 29.2 Å². The number of nitrogens with one attached hydrogen (secondary N) is 3. The van der Waals surface area contributed by atoms with Crippen LogP contribution in [-0.2, 0) is 10.0 Å². The van der Waals surface area contributed by atoms with Gasteiger partial charge in [-0.05, 0) is 129 Å². The highest BCUT2D eigenvalue weighted by Crippen LogP contribution is 2.44. The summed E-state index contributed by atoms with van der Waals surface area (Å²) in [4.78, 5) is 40.1. The molecule has 1 amide bonds. The number of benzene rings is 3. The molecule has 4 N–H and O–H groups in total. The molecule has 5 aromatic rings. The fourth-order valence-corrected chi connectivity index (χ4v) is 11.0. The Morgan fingerprint density at radius 2 is 1.73 bits per heavy atom. The Morgan fingerprint density at radius 1 is 0.970 bits per heavy atom. The number of nitrogens with zero attached hydrogens (tertiary/aromatic N) is 5. The van der Waals surface area contributed by atoms with Gasteiger partial charge in [0.2, 0.25) is 5.88 Å². The van der Waals surface area contributed by atoms with Crippen molar-refractivity contribution in [2.24, 2.45) is 11.3 Å². The van der Waals surface area contributed by atoms with E-state index in [1.807, 2.05) is 48.2 Å². The fourth-order valence-electron chi connectivity index (χ4n) is 9.86. The Labute approximate surface area is 390 Å². The number of pyridine rings is 1. The second-order valence-electron chi connectivity index (χ2n) is 19.3. The molecular formula is C49H57ClN8O7S. The number of hydrogen-bond donors (Lipinski definition) is 4. The lowest BCUT2D eigenvalue weighted by Gasteiger charge is -2.39. The Hall–Kier alpha value is -5.68. The van der Waals surface area contributed by atoms with Crippen LogP contribution in [0.3, 0.4) is 0 Å². The number of aromatic nitrogens is 2. The summed E-state index contributed by atoms with van der Waals surface area (Å²) in [5.41, 5.74) is 6.12. The molecule has 4 heterocycles. The maximum atomic E-state index is 14.3. The number of hydrogen-bond acceptors (Lipinski definition) is 12. The van der Waals surface area contributed by atoms with Crippen molar-refractivity contribution in [2.45, 2.75) is 76.2 Å². The second-order valence-corrected chi connectivity index (χ2v) is 21.4. The van der Waals surface area contributed by atoms with Gasteiger partial charge in [0.15, 0.2) is 0 Å². The van der Waals surface area contributed by atoms with Gasteiger partial charge in [-0.15, -0.1) is 0 Å². The molecule has 0 radical (unpaired) electrons. The number of aromatic amines is 1. The van der Waals surface area contributed by atoms with Crippen LogP contribution in [0.25, 0.3) is 16.6 Å². The summed E-state index contributed by atoms with van der Waals surface area (Å²) in [6.45, 7) is 11.6. The highest BCUT2D eigenvalue weighted by Gasteiger charge is 2.33. The van der Waals surface area contributed by atoms with E-state index < -0.39 is 37.0 Å². The van der Waals surface area contributed by atoms with Gasteiger partial charge >= 0.3 is 0 Å². The number of halogens is 1. The molecule has 0 unspecified atom stereocenters. The Morgan fingerprint density at radius 3 is 2.47 bits per heavy atom. The van der Waals surface area contributed by atoms with Gasteiger partial charge in [-0.3, -0.25) is 19.8 Å². The monoisotopic (exact) mass is 936 g/mol. The molecule has 17 heteroatoms. The van der Waals surface area contributed by atoms with Crippen molar-refractivity contribution in [3.05, 3.63) is 111 Å². The summed E-state index contributed by atoms with van der Waals surface area (Å²) in [6.07, 6.45) is 7.78. The Bertz CT molecular complexity index is 2790.